The first-order chi connectivity index (χ1) is 12.3. The summed E-state index contributed by atoms with van der Waals surface area (Å²) < 4.78 is 0. The van der Waals surface area contributed by atoms with Gasteiger partial charge >= 0.3 is 0 Å². The van der Waals surface area contributed by atoms with Gasteiger partial charge in [-0.1, -0.05) is 24.3 Å². The minimum Gasteiger partial charge on any atom is -0.321 e. The standard InChI is InChI=1S/C20H19NOS3/c1-23-12-15-6-8-17(9-7-15)20(22)21-18-4-2-3-5-19(18)25-14-16-10-11-24-13-16/h2-11,13H,12,14H2,1H3,(H,21,22). The van der Waals surface area contributed by atoms with Crippen molar-refractivity contribution in [3.8, 4) is 0 Å². The van der Waals surface area contributed by atoms with Crippen molar-refractivity contribution in [2.24, 2.45) is 0 Å². The Kier molecular flexibility index (Phi) is 6.62. The molecular formula is C20H19NOS3. The Hall–Kier alpha value is -1.69. The molecule has 0 aliphatic carbocycles. The second kappa shape index (κ2) is 9.13. The molecular weight excluding hydrogens is 366 g/mol. The molecule has 2 aromatic carbocycles. The quantitative estimate of drug-likeness (QED) is 0.494. The number of para-hydroxylation sites is 1. The molecule has 1 amide bonds. The molecule has 0 aliphatic heterocycles. The van der Waals surface area contributed by atoms with Crippen LogP contribution in [0.1, 0.15) is 21.5 Å². The molecule has 0 atom stereocenters. The monoisotopic (exact) mass is 385 g/mol. The SMILES string of the molecule is CSCc1ccc(C(=O)Nc2ccccc2SCc2ccsc2)cc1. The number of thiophene rings is 1. The molecule has 3 rings (SSSR count). The van der Waals surface area contributed by atoms with Gasteiger partial charge in [-0.2, -0.15) is 23.1 Å². The van der Waals surface area contributed by atoms with Gasteiger partial charge in [-0.15, -0.1) is 11.8 Å². The second-order valence-electron chi connectivity index (χ2n) is 5.50. The maximum atomic E-state index is 12.5. The molecule has 0 radical (unpaired) electrons. The number of rotatable bonds is 7. The van der Waals surface area contributed by atoms with E-state index >= 15 is 0 Å². The Labute approximate surface area is 161 Å². The zero-order chi connectivity index (χ0) is 17.5. The van der Waals surface area contributed by atoms with Crippen molar-refractivity contribution >= 4 is 46.5 Å². The number of thioether (sulfide) groups is 2. The highest BCUT2D eigenvalue weighted by Crippen LogP contribution is 2.30. The maximum Gasteiger partial charge on any atom is 0.255 e. The minimum absolute atomic E-state index is 0.0701. The fourth-order valence-corrected chi connectivity index (χ4v) is 4.60. The topological polar surface area (TPSA) is 29.1 Å². The largest absolute Gasteiger partial charge is 0.321 e. The van der Waals surface area contributed by atoms with E-state index in [1.54, 1.807) is 34.9 Å². The first kappa shape index (κ1) is 18.1. The molecule has 3 aromatic rings. The number of hydrogen-bond donors (Lipinski definition) is 1. The lowest BCUT2D eigenvalue weighted by Crippen LogP contribution is -2.12. The van der Waals surface area contributed by atoms with Crippen LogP contribution in [0, 0.1) is 0 Å². The van der Waals surface area contributed by atoms with Gasteiger partial charge in [-0.3, -0.25) is 4.79 Å². The number of carbonyl (C=O) groups is 1. The fraction of sp³-hybridized carbons (Fsp3) is 0.150. The van der Waals surface area contributed by atoms with Crippen LogP contribution in [-0.2, 0) is 11.5 Å². The van der Waals surface area contributed by atoms with E-state index < -0.39 is 0 Å². The van der Waals surface area contributed by atoms with Gasteiger partial charge in [-0.05, 0) is 58.5 Å². The van der Waals surface area contributed by atoms with E-state index in [1.807, 2.05) is 48.5 Å². The smallest absolute Gasteiger partial charge is 0.255 e. The summed E-state index contributed by atoms with van der Waals surface area (Å²) in [5.41, 5.74) is 4.08. The van der Waals surface area contributed by atoms with Gasteiger partial charge < -0.3 is 5.32 Å². The molecule has 5 heteroatoms. The molecule has 0 saturated carbocycles. The summed E-state index contributed by atoms with van der Waals surface area (Å²) in [6, 6.07) is 17.9. The van der Waals surface area contributed by atoms with Crippen molar-refractivity contribution in [2.75, 3.05) is 11.6 Å². The highest BCUT2D eigenvalue weighted by Gasteiger charge is 2.09. The molecule has 1 aromatic heterocycles. The molecule has 0 spiro atoms. The predicted molar refractivity (Wildman–Crippen MR) is 112 cm³/mol. The lowest BCUT2D eigenvalue weighted by Gasteiger charge is -2.11. The van der Waals surface area contributed by atoms with Gasteiger partial charge in [-0.25, -0.2) is 0 Å². The summed E-state index contributed by atoms with van der Waals surface area (Å²) in [6.45, 7) is 0. The van der Waals surface area contributed by atoms with Crippen LogP contribution in [-0.4, -0.2) is 12.2 Å². The second-order valence-corrected chi connectivity index (χ2v) is 8.16. The van der Waals surface area contributed by atoms with Crippen LogP contribution in [0.5, 0.6) is 0 Å². The normalized spacial score (nSPS) is 10.6. The van der Waals surface area contributed by atoms with Crippen LogP contribution in [0.2, 0.25) is 0 Å². The number of carbonyl (C=O) groups excluding carboxylic acids is 1. The predicted octanol–water partition coefficient (Wildman–Crippen LogP) is 6.16. The third-order valence-corrected chi connectivity index (χ3v) is 6.14. The van der Waals surface area contributed by atoms with Crippen molar-refractivity contribution < 1.29 is 4.79 Å². The number of anilines is 1. The van der Waals surface area contributed by atoms with Crippen molar-refractivity contribution in [1.82, 2.24) is 0 Å². The van der Waals surface area contributed by atoms with E-state index in [9.17, 15) is 4.79 Å². The van der Waals surface area contributed by atoms with Crippen LogP contribution >= 0.6 is 34.9 Å². The number of nitrogens with one attached hydrogen (secondary N) is 1. The molecule has 128 valence electrons. The number of hydrogen-bond acceptors (Lipinski definition) is 4. The summed E-state index contributed by atoms with van der Waals surface area (Å²) in [7, 11) is 0. The van der Waals surface area contributed by atoms with Crippen molar-refractivity contribution in [2.45, 2.75) is 16.4 Å². The Bertz CT molecular complexity index is 813. The van der Waals surface area contributed by atoms with Crippen LogP contribution in [0.3, 0.4) is 0 Å². The zero-order valence-electron chi connectivity index (χ0n) is 13.9. The van der Waals surface area contributed by atoms with Gasteiger partial charge in [0.15, 0.2) is 0 Å². The molecule has 0 unspecified atom stereocenters. The molecule has 25 heavy (non-hydrogen) atoms. The van der Waals surface area contributed by atoms with Gasteiger partial charge in [0.2, 0.25) is 0 Å². The van der Waals surface area contributed by atoms with E-state index in [1.165, 1.54) is 11.1 Å². The highest BCUT2D eigenvalue weighted by molar-refractivity contribution is 7.98. The Morgan fingerprint density at radius 3 is 2.52 bits per heavy atom. The summed E-state index contributed by atoms with van der Waals surface area (Å²) in [5.74, 6) is 1.79. The molecule has 2 nitrogen and oxygen atoms in total. The Balaban J connectivity index is 1.68. The Morgan fingerprint density at radius 2 is 1.80 bits per heavy atom. The first-order valence-electron chi connectivity index (χ1n) is 7.88. The van der Waals surface area contributed by atoms with Crippen LogP contribution in [0.25, 0.3) is 0 Å². The van der Waals surface area contributed by atoms with Crippen molar-refractivity contribution in [1.29, 1.82) is 0 Å². The zero-order valence-corrected chi connectivity index (χ0v) is 16.3. The van der Waals surface area contributed by atoms with Crippen molar-refractivity contribution in [3.05, 3.63) is 82.0 Å². The molecule has 0 fully saturated rings. The molecule has 1 N–H and O–H groups in total. The average molecular weight is 386 g/mol. The minimum atomic E-state index is -0.0701. The molecule has 0 aliphatic rings. The average Bonchev–Trinajstić information content (AvgIpc) is 3.15. The van der Waals surface area contributed by atoms with Gasteiger partial charge in [0.1, 0.15) is 0 Å². The van der Waals surface area contributed by atoms with E-state index in [4.69, 9.17) is 0 Å². The van der Waals surface area contributed by atoms with Gasteiger partial charge in [0, 0.05) is 22.0 Å². The summed E-state index contributed by atoms with van der Waals surface area (Å²) in [6.07, 6.45) is 2.07. The van der Waals surface area contributed by atoms with E-state index in [-0.39, 0.29) is 5.91 Å². The summed E-state index contributed by atoms with van der Waals surface area (Å²) in [5, 5.41) is 7.29. The lowest BCUT2D eigenvalue weighted by molar-refractivity contribution is 0.102. The van der Waals surface area contributed by atoms with E-state index in [0.29, 0.717) is 5.56 Å². The van der Waals surface area contributed by atoms with Crippen LogP contribution in [0.15, 0.2) is 70.3 Å². The third-order valence-electron chi connectivity index (χ3n) is 3.64. The maximum absolute atomic E-state index is 12.5. The number of amides is 1. The number of benzene rings is 2. The molecule has 0 bridgehead atoms. The fourth-order valence-electron chi connectivity index (χ4n) is 2.35. The molecule has 1 heterocycles. The van der Waals surface area contributed by atoms with E-state index in [0.717, 1.165) is 22.1 Å². The van der Waals surface area contributed by atoms with Gasteiger partial charge in [0.25, 0.3) is 5.91 Å². The molecule has 0 saturated heterocycles. The van der Waals surface area contributed by atoms with Crippen molar-refractivity contribution in [3.63, 3.8) is 0 Å². The Morgan fingerprint density at radius 1 is 1.00 bits per heavy atom. The van der Waals surface area contributed by atoms with Crippen LogP contribution < -0.4 is 5.32 Å². The third kappa shape index (κ3) is 5.14. The lowest BCUT2D eigenvalue weighted by atomic mass is 10.1. The highest BCUT2D eigenvalue weighted by atomic mass is 32.2. The van der Waals surface area contributed by atoms with Gasteiger partial charge in [0.05, 0.1) is 5.69 Å². The summed E-state index contributed by atoms with van der Waals surface area (Å²) in [4.78, 5) is 13.6. The van der Waals surface area contributed by atoms with Crippen LogP contribution in [0.4, 0.5) is 5.69 Å². The first-order valence-corrected chi connectivity index (χ1v) is 11.2. The summed E-state index contributed by atoms with van der Waals surface area (Å²) >= 11 is 5.22. The van der Waals surface area contributed by atoms with E-state index in [2.05, 4.69) is 28.4 Å².